The Morgan fingerprint density at radius 3 is 2.86 bits per heavy atom. The number of nitrogens with zero attached hydrogens (tertiary/aromatic N) is 1. The fraction of sp³-hybridized carbons (Fsp3) is 0.118. The molecule has 1 aliphatic carbocycles. The van der Waals surface area contributed by atoms with Crippen molar-refractivity contribution < 1.29 is 4.74 Å². The van der Waals surface area contributed by atoms with Gasteiger partial charge in [-0.1, -0.05) is 12.1 Å². The maximum atomic E-state index is 6.26. The highest BCUT2D eigenvalue weighted by molar-refractivity contribution is 7.17. The first-order valence-corrected chi connectivity index (χ1v) is 7.59. The van der Waals surface area contributed by atoms with Crippen LogP contribution in [0.15, 0.2) is 42.6 Å². The Bertz CT molecular complexity index is 824. The summed E-state index contributed by atoms with van der Waals surface area (Å²) in [6.45, 7) is 0. The summed E-state index contributed by atoms with van der Waals surface area (Å²) in [7, 11) is 1.69. The molecule has 104 valence electrons. The minimum absolute atomic E-state index is 0.840. The number of nitrogen functional groups attached to an aromatic ring is 1. The summed E-state index contributed by atoms with van der Waals surface area (Å²) in [4.78, 5) is 5.79. The van der Waals surface area contributed by atoms with Crippen molar-refractivity contribution in [1.29, 1.82) is 0 Å². The van der Waals surface area contributed by atoms with Crippen LogP contribution in [-0.2, 0) is 6.42 Å². The molecule has 1 aliphatic rings. The fourth-order valence-electron chi connectivity index (χ4n) is 2.91. The molecule has 1 aromatic carbocycles. The molecule has 0 saturated heterocycles. The van der Waals surface area contributed by atoms with E-state index in [1.807, 2.05) is 24.3 Å². The molecule has 4 rings (SSSR count). The van der Waals surface area contributed by atoms with Crippen molar-refractivity contribution in [1.82, 2.24) is 4.98 Å². The average Bonchev–Trinajstić information content (AvgIpc) is 3.01. The third-order valence-corrected chi connectivity index (χ3v) is 4.89. The number of nitrogens with two attached hydrogens (primary N) is 1. The van der Waals surface area contributed by atoms with Crippen molar-refractivity contribution in [3.05, 3.63) is 53.0 Å². The standard InChI is InChI=1S/C17H14N2OS/c1-20-11-6-5-10-8-14-15(12(10)9-11)16(17(18)21-14)13-4-2-3-7-19-13/h2-7,9H,8,18H2,1H3. The Hall–Kier alpha value is -2.33. The maximum absolute atomic E-state index is 6.26. The van der Waals surface area contributed by atoms with Crippen LogP contribution >= 0.6 is 11.3 Å². The highest BCUT2D eigenvalue weighted by Gasteiger charge is 2.27. The van der Waals surface area contributed by atoms with Gasteiger partial charge in [-0.2, -0.15) is 0 Å². The number of pyridine rings is 1. The number of methoxy groups -OCH3 is 1. The van der Waals surface area contributed by atoms with E-state index in [9.17, 15) is 0 Å². The van der Waals surface area contributed by atoms with Crippen molar-refractivity contribution in [2.24, 2.45) is 0 Å². The molecule has 0 unspecified atom stereocenters. The zero-order valence-corrected chi connectivity index (χ0v) is 12.4. The molecule has 0 aliphatic heterocycles. The van der Waals surface area contributed by atoms with E-state index in [2.05, 4.69) is 17.1 Å². The van der Waals surface area contributed by atoms with Crippen LogP contribution in [0, 0.1) is 0 Å². The van der Waals surface area contributed by atoms with E-state index in [-0.39, 0.29) is 0 Å². The predicted octanol–water partition coefficient (Wildman–Crippen LogP) is 3.97. The first-order valence-electron chi connectivity index (χ1n) is 6.77. The van der Waals surface area contributed by atoms with Crippen LogP contribution in [0.1, 0.15) is 10.4 Å². The minimum Gasteiger partial charge on any atom is -0.497 e. The van der Waals surface area contributed by atoms with Crippen LogP contribution in [0.4, 0.5) is 5.00 Å². The lowest BCUT2D eigenvalue weighted by molar-refractivity contribution is 0.415. The summed E-state index contributed by atoms with van der Waals surface area (Å²) < 4.78 is 5.36. The first kappa shape index (κ1) is 12.4. The molecule has 2 heterocycles. The number of ether oxygens (including phenoxy) is 1. The smallest absolute Gasteiger partial charge is 0.119 e. The van der Waals surface area contributed by atoms with E-state index < -0.39 is 0 Å². The number of fused-ring (bicyclic) bond motifs is 3. The molecule has 2 aromatic heterocycles. The lowest BCUT2D eigenvalue weighted by atomic mass is 10.0. The number of anilines is 1. The van der Waals surface area contributed by atoms with E-state index in [1.54, 1.807) is 24.6 Å². The summed E-state index contributed by atoms with van der Waals surface area (Å²) in [6, 6.07) is 12.2. The Balaban J connectivity index is 1.98. The second-order valence-corrected chi connectivity index (χ2v) is 6.19. The second kappa shape index (κ2) is 4.60. The van der Waals surface area contributed by atoms with E-state index in [1.165, 1.54) is 21.6 Å². The molecule has 0 fully saturated rings. The number of rotatable bonds is 2. The van der Waals surface area contributed by atoms with Crippen LogP contribution in [0.25, 0.3) is 22.4 Å². The van der Waals surface area contributed by atoms with Gasteiger partial charge in [-0.15, -0.1) is 11.3 Å². The highest BCUT2D eigenvalue weighted by atomic mass is 32.1. The van der Waals surface area contributed by atoms with Gasteiger partial charge in [0.05, 0.1) is 17.8 Å². The maximum Gasteiger partial charge on any atom is 0.119 e. The SMILES string of the molecule is COc1ccc2c(c1)-c1c(sc(N)c1-c1ccccn1)C2. The fourth-order valence-corrected chi connectivity index (χ4v) is 4.03. The molecule has 21 heavy (non-hydrogen) atoms. The van der Waals surface area contributed by atoms with Gasteiger partial charge in [-0.05, 0) is 35.4 Å². The van der Waals surface area contributed by atoms with Crippen molar-refractivity contribution in [3.8, 4) is 28.1 Å². The van der Waals surface area contributed by atoms with Gasteiger partial charge in [0, 0.05) is 28.6 Å². The molecule has 0 spiro atoms. The topological polar surface area (TPSA) is 48.1 Å². The third kappa shape index (κ3) is 1.83. The molecule has 3 aromatic rings. The van der Waals surface area contributed by atoms with Crippen LogP contribution in [0.3, 0.4) is 0 Å². The van der Waals surface area contributed by atoms with Crippen molar-refractivity contribution >= 4 is 16.3 Å². The van der Waals surface area contributed by atoms with Gasteiger partial charge in [0.2, 0.25) is 0 Å². The van der Waals surface area contributed by atoms with Gasteiger partial charge < -0.3 is 10.5 Å². The summed E-state index contributed by atoms with van der Waals surface area (Å²) >= 11 is 1.67. The van der Waals surface area contributed by atoms with Gasteiger partial charge in [0.15, 0.2) is 0 Å². The molecule has 0 saturated carbocycles. The second-order valence-electron chi connectivity index (χ2n) is 5.05. The van der Waals surface area contributed by atoms with Crippen LogP contribution < -0.4 is 10.5 Å². The monoisotopic (exact) mass is 294 g/mol. The predicted molar refractivity (Wildman–Crippen MR) is 86.8 cm³/mol. The Kier molecular flexibility index (Phi) is 2.72. The molecule has 0 bridgehead atoms. The number of benzene rings is 1. The largest absolute Gasteiger partial charge is 0.497 e. The Labute approximate surface area is 127 Å². The van der Waals surface area contributed by atoms with Crippen LogP contribution in [-0.4, -0.2) is 12.1 Å². The minimum atomic E-state index is 0.840. The van der Waals surface area contributed by atoms with Crippen molar-refractivity contribution in [3.63, 3.8) is 0 Å². The van der Waals surface area contributed by atoms with E-state index in [0.29, 0.717) is 0 Å². The van der Waals surface area contributed by atoms with Crippen LogP contribution in [0.2, 0.25) is 0 Å². The molecule has 4 heteroatoms. The van der Waals surface area contributed by atoms with Gasteiger partial charge >= 0.3 is 0 Å². The average molecular weight is 294 g/mol. The van der Waals surface area contributed by atoms with E-state index in [0.717, 1.165) is 28.4 Å². The zero-order valence-electron chi connectivity index (χ0n) is 11.6. The van der Waals surface area contributed by atoms with Crippen molar-refractivity contribution in [2.75, 3.05) is 12.8 Å². The normalized spacial score (nSPS) is 12.0. The number of hydrogen-bond donors (Lipinski definition) is 1. The van der Waals surface area contributed by atoms with E-state index >= 15 is 0 Å². The van der Waals surface area contributed by atoms with Crippen molar-refractivity contribution in [2.45, 2.75) is 6.42 Å². The lowest BCUT2D eigenvalue weighted by Crippen LogP contribution is -1.90. The number of thiophene rings is 1. The summed E-state index contributed by atoms with van der Waals surface area (Å²) in [5.41, 5.74) is 12.0. The van der Waals surface area contributed by atoms with Gasteiger partial charge in [0.1, 0.15) is 5.75 Å². The van der Waals surface area contributed by atoms with Crippen LogP contribution in [0.5, 0.6) is 5.75 Å². The molecular formula is C17H14N2OS. The molecule has 0 atom stereocenters. The number of aromatic nitrogens is 1. The first-order chi connectivity index (χ1) is 10.3. The molecule has 3 nitrogen and oxygen atoms in total. The van der Waals surface area contributed by atoms with Gasteiger partial charge in [-0.3, -0.25) is 4.98 Å². The molecule has 0 radical (unpaired) electrons. The summed E-state index contributed by atoms with van der Waals surface area (Å²) in [6.07, 6.45) is 2.75. The Morgan fingerprint density at radius 2 is 2.10 bits per heavy atom. The Morgan fingerprint density at radius 1 is 1.19 bits per heavy atom. The molecular weight excluding hydrogens is 280 g/mol. The third-order valence-electron chi connectivity index (χ3n) is 3.87. The summed E-state index contributed by atoms with van der Waals surface area (Å²) in [5.74, 6) is 0.873. The molecule has 0 amide bonds. The highest BCUT2D eigenvalue weighted by Crippen LogP contribution is 2.50. The lowest BCUT2D eigenvalue weighted by Gasteiger charge is -2.07. The number of hydrogen-bond acceptors (Lipinski definition) is 4. The van der Waals surface area contributed by atoms with Gasteiger partial charge in [0.25, 0.3) is 0 Å². The quantitative estimate of drug-likeness (QED) is 0.608. The van der Waals surface area contributed by atoms with E-state index in [4.69, 9.17) is 10.5 Å². The van der Waals surface area contributed by atoms with Gasteiger partial charge in [-0.25, -0.2) is 0 Å². The zero-order chi connectivity index (χ0) is 14.4. The summed E-state index contributed by atoms with van der Waals surface area (Å²) in [5, 5.41) is 0.840. The molecule has 2 N–H and O–H groups in total.